The van der Waals surface area contributed by atoms with Crippen molar-refractivity contribution in [2.75, 3.05) is 0 Å². The molecule has 0 saturated heterocycles. The van der Waals surface area contributed by atoms with Crippen LogP contribution in [0.2, 0.25) is 24.7 Å². The fourth-order valence-corrected chi connectivity index (χ4v) is 8.94. The first-order valence-electron chi connectivity index (χ1n) is 8.48. The highest BCUT2D eigenvalue weighted by Gasteiger charge is 2.28. The van der Waals surface area contributed by atoms with Crippen LogP contribution >= 0.6 is 0 Å². The number of hydrogen-bond acceptors (Lipinski definition) is 2. The van der Waals surface area contributed by atoms with Gasteiger partial charge < -0.3 is 0 Å². The molecule has 125 valence electrons. The highest BCUT2D eigenvalue weighted by atomic mass is 32.2. The van der Waals surface area contributed by atoms with Crippen molar-refractivity contribution < 1.29 is 8.42 Å². The van der Waals surface area contributed by atoms with Gasteiger partial charge in [-0.1, -0.05) is 75.9 Å². The predicted molar refractivity (Wildman–Crippen MR) is 98.5 cm³/mol. The molecule has 0 unspecified atom stereocenters. The molecule has 1 aromatic carbocycles. The lowest BCUT2D eigenvalue weighted by Crippen LogP contribution is -2.30. The maximum absolute atomic E-state index is 12.5. The Labute approximate surface area is 138 Å². The quantitative estimate of drug-likeness (QED) is 0.519. The first-order valence-corrected chi connectivity index (χ1v) is 13.1. The van der Waals surface area contributed by atoms with E-state index < -0.39 is 17.9 Å². The Bertz CT molecular complexity index is 527. The largest absolute Gasteiger partial charge is 0.223 e. The molecule has 1 rings (SSSR count). The maximum atomic E-state index is 12.5. The van der Waals surface area contributed by atoms with Gasteiger partial charge in [0.1, 0.15) is 0 Å². The standard InChI is InChI=1S/C18H31O2SSi/c1-5-7-14-22(4,15-8-6-2)16-13-21(19,20)18-11-9-17(3)10-12-18/h9-13H,5-8,14-16H2,1-4H3. The van der Waals surface area contributed by atoms with Gasteiger partial charge in [0.05, 0.1) is 18.7 Å². The van der Waals surface area contributed by atoms with Crippen LogP contribution in [0.25, 0.3) is 0 Å². The van der Waals surface area contributed by atoms with E-state index in [1.807, 2.05) is 19.1 Å². The molecule has 1 aromatic rings. The van der Waals surface area contributed by atoms with Gasteiger partial charge in [-0.2, -0.15) is 0 Å². The molecular formula is C18H31O2SSi. The molecular weight excluding hydrogens is 308 g/mol. The zero-order valence-electron chi connectivity index (χ0n) is 14.6. The summed E-state index contributed by atoms with van der Waals surface area (Å²) in [6.07, 6.45) is 4.84. The Balaban J connectivity index is 2.75. The summed E-state index contributed by atoms with van der Waals surface area (Å²) in [5.41, 5.74) is 1.09. The Kier molecular flexibility index (Phi) is 7.84. The minimum atomic E-state index is -3.25. The smallest absolute Gasteiger partial charge is 0.182 e. The molecule has 0 heterocycles. The molecule has 0 aliphatic rings. The van der Waals surface area contributed by atoms with Crippen LogP contribution in [-0.2, 0) is 9.84 Å². The van der Waals surface area contributed by atoms with Crippen LogP contribution in [0.1, 0.15) is 45.1 Å². The van der Waals surface area contributed by atoms with Crippen molar-refractivity contribution in [3.8, 4) is 0 Å². The Morgan fingerprint density at radius 1 is 1.00 bits per heavy atom. The molecule has 0 atom stereocenters. The summed E-state index contributed by atoms with van der Waals surface area (Å²) in [5.74, 6) is 1.61. The molecule has 0 saturated carbocycles. The third-order valence-corrected chi connectivity index (χ3v) is 10.6. The van der Waals surface area contributed by atoms with Crippen LogP contribution in [0.15, 0.2) is 29.2 Å². The SMILES string of the molecule is CCCC[Si](C)(C[CH]S(=O)(=O)c1ccc(C)cc1)CCCC. The molecule has 4 heteroatoms. The van der Waals surface area contributed by atoms with Gasteiger partial charge in [-0.05, 0) is 25.1 Å². The topological polar surface area (TPSA) is 34.1 Å². The van der Waals surface area contributed by atoms with Gasteiger partial charge in [0.2, 0.25) is 0 Å². The summed E-state index contributed by atoms with van der Waals surface area (Å²) in [7, 11) is -4.73. The molecule has 1 radical (unpaired) electrons. The van der Waals surface area contributed by atoms with E-state index in [9.17, 15) is 8.42 Å². The summed E-state index contributed by atoms with van der Waals surface area (Å²) in [6.45, 7) is 8.77. The number of aryl methyl sites for hydroxylation is 1. The second kappa shape index (κ2) is 8.87. The van der Waals surface area contributed by atoms with Gasteiger partial charge in [0.25, 0.3) is 0 Å². The van der Waals surface area contributed by atoms with E-state index in [4.69, 9.17) is 0 Å². The van der Waals surface area contributed by atoms with Gasteiger partial charge in [-0.25, -0.2) is 8.42 Å². The van der Waals surface area contributed by atoms with E-state index in [2.05, 4.69) is 20.4 Å². The van der Waals surface area contributed by atoms with E-state index in [0.717, 1.165) is 11.6 Å². The average molecular weight is 340 g/mol. The molecule has 0 amide bonds. The summed E-state index contributed by atoms with van der Waals surface area (Å²) in [4.78, 5) is 0.431. The van der Waals surface area contributed by atoms with Crippen molar-refractivity contribution >= 4 is 17.9 Å². The van der Waals surface area contributed by atoms with Crippen molar-refractivity contribution in [2.24, 2.45) is 0 Å². The van der Waals surface area contributed by atoms with E-state index >= 15 is 0 Å². The lowest BCUT2D eigenvalue weighted by Gasteiger charge is -2.27. The van der Waals surface area contributed by atoms with Crippen LogP contribution in [0.3, 0.4) is 0 Å². The highest BCUT2D eigenvalue weighted by Crippen LogP contribution is 2.29. The van der Waals surface area contributed by atoms with Crippen LogP contribution in [0, 0.1) is 12.7 Å². The molecule has 22 heavy (non-hydrogen) atoms. The third kappa shape index (κ3) is 6.25. The fourth-order valence-electron chi connectivity index (χ4n) is 2.67. The minimum Gasteiger partial charge on any atom is -0.223 e. The van der Waals surface area contributed by atoms with E-state index in [1.54, 1.807) is 17.9 Å². The predicted octanol–water partition coefficient (Wildman–Crippen LogP) is 5.61. The summed E-state index contributed by atoms with van der Waals surface area (Å²) in [6, 6.07) is 10.4. The Morgan fingerprint density at radius 3 is 1.95 bits per heavy atom. The molecule has 0 aromatic heterocycles. The zero-order chi connectivity index (χ0) is 16.6. The summed E-state index contributed by atoms with van der Waals surface area (Å²) < 4.78 is 25.0. The van der Waals surface area contributed by atoms with Crippen molar-refractivity contribution in [2.45, 2.75) is 76.0 Å². The van der Waals surface area contributed by atoms with Gasteiger partial charge in [0, 0.05) is 0 Å². The van der Waals surface area contributed by atoms with Gasteiger partial charge in [0.15, 0.2) is 9.84 Å². The van der Waals surface area contributed by atoms with E-state index in [-0.39, 0.29) is 0 Å². The van der Waals surface area contributed by atoms with Crippen LogP contribution in [0.5, 0.6) is 0 Å². The minimum absolute atomic E-state index is 0.431. The third-order valence-electron chi connectivity index (χ3n) is 4.41. The lowest BCUT2D eigenvalue weighted by molar-refractivity contribution is 0.601. The zero-order valence-corrected chi connectivity index (χ0v) is 16.4. The van der Waals surface area contributed by atoms with E-state index in [1.165, 1.54) is 37.8 Å². The Morgan fingerprint density at radius 2 is 1.50 bits per heavy atom. The molecule has 2 nitrogen and oxygen atoms in total. The number of unbranched alkanes of at least 4 members (excludes halogenated alkanes) is 2. The number of rotatable bonds is 10. The molecule has 0 aliphatic carbocycles. The van der Waals surface area contributed by atoms with Crippen molar-refractivity contribution in [1.29, 1.82) is 0 Å². The van der Waals surface area contributed by atoms with Crippen LogP contribution in [0.4, 0.5) is 0 Å². The average Bonchev–Trinajstić information content (AvgIpc) is 2.50. The van der Waals surface area contributed by atoms with Crippen LogP contribution < -0.4 is 0 Å². The Hall–Kier alpha value is -0.613. The molecule has 0 fully saturated rings. The highest BCUT2D eigenvalue weighted by molar-refractivity contribution is 7.93. The van der Waals surface area contributed by atoms with Crippen molar-refractivity contribution in [3.63, 3.8) is 0 Å². The normalized spacial score (nSPS) is 12.5. The molecule has 0 bridgehead atoms. The van der Waals surface area contributed by atoms with Crippen LogP contribution in [-0.4, -0.2) is 16.5 Å². The first-order chi connectivity index (χ1) is 10.3. The fraction of sp³-hybridized carbons (Fsp3) is 0.611. The monoisotopic (exact) mass is 339 g/mol. The maximum Gasteiger partial charge on any atom is 0.182 e. The number of sulfone groups is 1. The van der Waals surface area contributed by atoms with Gasteiger partial charge in [-0.15, -0.1) is 0 Å². The van der Waals surface area contributed by atoms with Crippen molar-refractivity contribution in [1.82, 2.24) is 0 Å². The number of hydrogen-bond donors (Lipinski definition) is 0. The molecule has 0 N–H and O–H groups in total. The van der Waals surface area contributed by atoms with E-state index in [0.29, 0.717) is 4.90 Å². The number of benzene rings is 1. The second-order valence-corrected chi connectivity index (χ2v) is 13.7. The molecule has 0 aliphatic heterocycles. The lowest BCUT2D eigenvalue weighted by atomic mass is 10.2. The molecule has 0 spiro atoms. The summed E-state index contributed by atoms with van der Waals surface area (Å²) in [5, 5.41) is 0. The summed E-state index contributed by atoms with van der Waals surface area (Å²) >= 11 is 0. The second-order valence-electron chi connectivity index (χ2n) is 6.75. The van der Waals surface area contributed by atoms with Gasteiger partial charge in [-0.3, -0.25) is 0 Å². The first kappa shape index (κ1) is 19.4. The van der Waals surface area contributed by atoms with Crippen molar-refractivity contribution in [3.05, 3.63) is 35.6 Å². The van der Waals surface area contributed by atoms with Gasteiger partial charge >= 0.3 is 0 Å².